The van der Waals surface area contributed by atoms with Gasteiger partial charge < -0.3 is 10.3 Å². The average molecular weight is 225 g/mol. The maximum absolute atomic E-state index is 11.5. The summed E-state index contributed by atoms with van der Waals surface area (Å²) in [5, 5.41) is 12.9. The average Bonchev–Trinajstić information content (AvgIpc) is 2.16. The molecule has 0 aromatic carbocycles. The summed E-state index contributed by atoms with van der Waals surface area (Å²) in [7, 11) is 0. The van der Waals surface area contributed by atoms with Gasteiger partial charge in [0.1, 0.15) is 5.56 Å². The number of nitrogens with one attached hydrogen (secondary N) is 2. The molecule has 2 N–H and O–H groups in total. The van der Waals surface area contributed by atoms with Crippen molar-refractivity contribution in [2.24, 2.45) is 0 Å². The van der Waals surface area contributed by atoms with Crippen molar-refractivity contribution in [3.05, 3.63) is 38.3 Å². The highest BCUT2D eigenvalue weighted by atomic mass is 16.6. The highest BCUT2D eigenvalue weighted by Crippen LogP contribution is 2.08. The van der Waals surface area contributed by atoms with E-state index in [-0.39, 0.29) is 17.3 Å². The molecule has 1 aromatic rings. The zero-order valence-electron chi connectivity index (χ0n) is 8.81. The number of carbonyl (C=O) groups excluding carboxylic acids is 1. The fraction of sp³-hybridized carbons (Fsp3) is 0.333. The Morgan fingerprint density at radius 3 is 2.69 bits per heavy atom. The largest absolute Gasteiger partial charge is 0.350 e. The van der Waals surface area contributed by atoms with Crippen LogP contribution in [-0.4, -0.2) is 21.9 Å². The first-order chi connectivity index (χ1) is 7.41. The van der Waals surface area contributed by atoms with E-state index in [0.29, 0.717) is 0 Å². The Bertz CT molecular complexity index is 478. The van der Waals surface area contributed by atoms with E-state index in [1.165, 1.54) is 0 Å². The van der Waals surface area contributed by atoms with E-state index in [1.807, 2.05) is 0 Å². The lowest BCUT2D eigenvalue weighted by atomic mass is 10.2. The number of hydrogen-bond donors (Lipinski definition) is 2. The number of nitro groups is 1. The molecule has 16 heavy (non-hydrogen) atoms. The van der Waals surface area contributed by atoms with Crippen molar-refractivity contribution >= 4 is 11.6 Å². The van der Waals surface area contributed by atoms with Gasteiger partial charge in [0.2, 0.25) is 0 Å². The Labute approximate surface area is 90.6 Å². The second-order valence-electron chi connectivity index (χ2n) is 3.49. The van der Waals surface area contributed by atoms with Gasteiger partial charge in [-0.3, -0.25) is 19.7 Å². The molecular formula is C9H11N3O4. The molecule has 0 aliphatic rings. The number of pyridine rings is 1. The van der Waals surface area contributed by atoms with E-state index in [4.69, 9.17) is 0 Å². The molecule has 0 aliphatic heterocycles. The first-order valence-corrected chi connectivity index (χ1v) is 4.60. The zero-order valence-corrected chi connectivity index (χ0v) is 8.81. The van der Waals surface area contributed by atoms with Gasteiger partial charge in [-0.15, -0.1) is 0 Å². The molecule has 0 bridgehead atoms. The minimum atomic E-state index is -0.678. The molecule has 7 nitrogen and oxygen atoms in total. The molecule has 0 radical (unpaired) electrons. The monoisotopic (exact) mass is 225 g/mol. The molecule has 1 heterocycles. The maximum atomic E-state index is 11.5. The molecule has 0 aliphatic carbocycles. The standard InChI is InChI=1S/C9H11N3O4/c1-5(2)11-9(14)7-3-6(12(15)16)4-10-8(7)13/h3-5H,1-2H3,(H,10,13)(H,11,14). The van der Waals surface area contributed by atoms with Crippen LogP contribution in [0.25, 0.3) is 0 Å². The normalized spacial score (nSPS) is 10.2. The fourth-order valence-corrected chi connectivity index (χ4v) is 1.09. The zero-order chi connectivity index (χ0) is 12.3. The minimum absolute atomic E-state index is 0.147. The fourth-order valence-electron chi connectivity index (χ4n) is 1.09. The van der Waals surface area contributed by atoms with Gasteiger partial charge in [0, 0.05) is 12.1 Å². The van der Waals surface area contributed by atoms with E-state index in [1.54, 1.807) is 13.8 Å². The van der Waals surface area contributed by atoms with Crippen LogP contribution in [-0.2, 0) is 0 Å². The topological polar surface area (TPSA) is 105 Å². The first kappa shape index (κ1) is 11.9. The molecule has 1 rings (SSSR count). The molecule has 0 spiro atoms. The summed E-state index contributed by atoms with van der Waals surface area (Å²) in [4.78, 5) is 34.7. The Kier molecular flexibility index (Phi) is 3.39. The quantitative estimate of drug-likeness (QED) is 0.574. The van der Waals surface area contributed by atoms with Gasteiger partial charge in [-0.2, -0.15) is 0 Å². The predicted octanol–water partition coefficient (Wildman–Crippen LogP) is 0.421. The number of rotatable bonds is 3. The van der Waals surface area contributed by atoms with Crippen LogP contribution in [0.15, 0.2) is 17.1 Å². The van der Waals surface area contributed by atoms with Crippen LogP contribution in [0.3, 0.4) is 0 Å². The van der Waals surface area contributed by atoms with Crippen LogP contribution in [0.2, 0.25) is 0 Å². The number of hydrogen-bond acceptors (Lipinski definition) is 4. The van der Waals surface area contributed by atoms with Gasteiger partial charge in [-0.1, -0.05) is 0 Å². The predicted molar refractivity (Wildman–Crippen MR) is 56.3 cm³/mol. The van der Waals surface area contributed by atoms with Gasteiger partial charge in [-0.05, 0) is 13.8 Å². The summed E-state index contributed by atoms with van der Waals surface area (Å²) < 4.78 is 0. The summed E-state index contributed by atoms with van der Waals surface area (Å²) in [5.41, 5.74) is -1.24. The third-order valence-corrected chi connectivity index (χ3v) is 1.76. The number of aromatic amines is 1. The Balaban J connectivity index is 3.12. The summed E-state index contributed by atoms with van der Waals surface area (Å²) in [6.07, 6.45) is 0.953. The molecule has 1 amide bonds. The van der Waals surface area contributed by atoms with Crippen molar-refractivity contribution in [1.82, 2.24) is 10.3 Å². The van der Waals surface area contributed by atoms with Crippen LogP contribution < -0.4 is 10.9 Å². The summed E-state index contributed by atoms with van der Waals surface area (Å²) in [5.74, 6) is -0.625. The van der Waals surface area contributed by atoms with Gasteiger partial charge in [0.25, 0.3) is 17.2 Å². The number of carbonyl (C=O) groups is 1. The first-order valence-electron chi connectivity index (χ1n) is 4.60. The van der Waals surface area contributed by atoms with E-state index < -0.39 is 16.4 Å². The van der Waals surface area contributed by atoms with Crippen LogP contribution >= 0.6 is 0 Å². The van der Waals surface area contributed by atoms with E-state index in [9.17, 15) is 19.7 Å². The highest BCUT2D eigenvalue weighted by molar-refractivity contribution is 5.94. The Morgan fingerprint density at radius 2 is 2.19 bits per heavy atom. The lowest BCUT2D eigenvalue weighted by molar-refractivity contribution is -0.385. The van der Waals surface area contributed by atoms with Crippen molar-refractivity contribution in [2.45, 2.75) is 19.9 Å². The Morgan fingerprint density at radius 1 is 1.56 bits per heavy atom. The summed E-state index contributed by atoms with van der Waals surface area (Å²) in [6.45, 7) is 3.45. The van der Waals surface area contributed by atoms with Gasteiger partial charge >= 0.3 is 0 Å². The smallest absolute Gasteiger partial charge is 0.286 e. The van der Waals surface area contributed by atoms with Gasteiger partial charge in [0.15, 0.2) is 0 Å². The molecule has 0 saturated carbocycles. The molecule has 7 heteroatoms. The van der Waals surface area contributed by atoms with Crippen LogP contribution in [0, 0.1) is 10.1 Å². The number of nitrogens with zero attached hydrogens (tertiary/aromatic N) is 1. The van der Waals surface area contributed by atoms with Crippen molar-refractivity contribution in [1.29, 1.82) is 0 Å². The molecule has 0 unspecified atom stereocenters. The van der Waals surface area contributed by atoms with Crippen LogP contribution in [0.5, 0.6) is 0 Å². The highest BCUT2D eigenvalue weighted by Gasteiger charge is 2.16. The van der Waals surface area contributed by atoms with E-state index >= 15 is 0 Å². The lowest BCUT2D eigenvalue weighted by Crippen LogP contribution is -2.34. The maximum Gasteiger partial charge on any atom is 0.286 e. The number of amides is 1. The number of H-pyrrole nitrogens is 1. The summed E-state index contributed by atoms with van der Waals surface area (Å²) in [6, 6.07) is 0.808. The molecule has 0 fully saturated rings. The Hall–Kier alpha value is -2.18. The molecule has 1 aromatic heterocycles. The SMILES string of the molecule is CC(C)NC(=O)c1cc([N+](=O)[O-])c[nH]c1=O. The third kappa shape index (κ3) is 2.66. The second kappa shape index (κ2) is 4.56. The second-order valence-corrected chi connectivity index (χ2v) is 3.49. The van der Waals surface area contributed by atoms with Crippen LogP contribution in [0.1, 0.15) is 24.2 Å². The molecule has 86 valence electrons. The van der Waals surface area contributed by atoms with Crippen molar-refractivity contribution in [3.63, 3.8) is 0 Å². The number of aromatic nitrogens is 1. The van der Waals surface area contributed by atoms with Crippen molar-refractivity contribution < 1.29 is 9.72 Å². The third-order valence-electron chi connectivity index (χ3n) is 1.76. The van der Waals surface area contributed by atoms with Crippen molar-refractivity contribution in [3.8, 4) is 0 Å². The molecule has 0 atom stereocenters. The van der Waals surface area contributed by atoms with Gasteiger partial charge in [0.05, 0.1) is 11.1 Å². The van der Waals surface area contributed by atoms with Gasteiger partial charge in [-0.25, -0.2) is 0 Å². The molecule has 0 saturated heterocycles. The lowest BCUT2D eigenvalue weighted by Gasteiger charge is -2.06. The van der Waals surface area contributed by atoms with E-state index in [0.717, 1.165) is 12.3 Å². The summed E-state index contributed by atoms with van der Waals surface area (Å²) >= 11 is 0. The van der Waals surface area contributed by atoms with Crippen molar-refractivity contribution in [2.75, 3.05) is 0 Å². The van der Waals surface area contributed by atoms with Crippen LogP contribution in [0.4, 0.5) is 5.69 Å². The van der Waals surface area contributed by atoms with E-state index in [2.05, 4.69) is 10.3 Å². The molecular weight excluding hydrogens is 214 g/mol. The minimum Gasteiger partial charge on any atom is -0.350 e.